The Hall–Kier alpha value is -2.94. The van der Waals surface area contributed by atoms with E-state index < -0.39 is 70.8 Å². The molecule has 9 heteroatoms. The summed E-state index contributed by atoms with van der Waals surface area (Å²) in [6.07, 6.45) is -2.61. The molecule has 2 saturated carbocycles. The smallest absolute Gasteiger partial charge is 0.338 e. The number of rotatable bonds is 5. The monoisotopic (exact) mass is 516 g/mol. The van der Waals surface area contributed by atoms with Gasteiger partial charge in [-0.05, 0) is 51.7 Å². The van der Waals surface area contributed by atoms with E-state index in [1.807, 2.05) is 27.7 Å². The van der Waals surface area contributed by atoms with E-state index in [0.717, 1.165) is 0 Å². The largest absolute Gasteiger partial charge is 0.462 e. The normalized spacial score (nSPS) is 37.6. The first kappa shape index (κ1) is 27.1. The second kappa shape index (κ2) is 9.42. The highest BCUT2D eigenvalue weighted by Crippen LogP contribution is 2.68. The van der Waals surface area contributed by atoms with Crippen molar-refractivity contribution in [2.45, 2.75) is 96.9 Å². The lowest BCUT2D eigenvalue weighted by atomic mass is 9.48. The maximum atomic E-state index is 13.4. The molecular weight excluding hydrogens is 480 g/mol. The van der Waals surface area contributed by atoms with E-state index in [0.29, 0.717) is 18.4 Å². The zero-order valence-corrected chi connectivity index (χ0v) is 22.4. The van der Waals surface area contributed by atoms with Crippen LogP contribution in [0, 0.1) is 17.3 Å². The first-order valence-corrected chi connectivity index (χ1v) is 12.7. The van der Waals surface area contributed by atoms with Gasteiger partial charge in [0.2, 0.25) is 0 Å². The molecule has 1 aromatic rings. The van der Waals surface area contributed by atoms with Crippen LogP contribution in [0.3, 0.4) is 0 Å². The van der Waals surface area contributed by atoms with Crippen LogP contribution in [-0.4, -0.2) is 59.5 Å². The van der Waals surface area contributed by atoms with Gasteiger partial charge in [-0.3, -0.25) is 14.4 Å². The van der Waals surface area contributed by atoms with Crippen molar-refractivity contribution in [3.8, 4) is 0 Å². The van der Waals surface area contributed by atoms with E-state index in [9.17, 15) is 19.2 Å². The number of hydrogen-bond acceptors (Lipinski definition) is 9. The number of esters is 4. The van der Waals surface area contributed by atoms with Crippen LogP contribution in [0.2, 0.25) is 0 Å². The quantitative estimate of drug-likeness (QED) is 0.427. The summed E-state index contributed by atoms with van der Waals surface area (Å²) in [6.45, 7) is 11.4. The summed E-state index contributed by atoms with van der Waals surface area (Å²) in [5.74, 6) is -3.03. The predicted molar refractivity (Wildman–Crippen MR) is 130 cm³/mol. The molecule has 3 fully saturated rings. The fourth-order valence-corrected chi connectivity index (χ4v) is 7.19. The first-order valence-electron chi connectivity index (χ1n) is 12.7. The van der Waals surface area contributed by atoms with E-state index in [1.165, 1.54) is 20.8 Å². The van der Waals surface area contributed by atoms with Crippen LogP contribution in [0.4, 0.5) is 0 Å². The fourth-order valence-electron chi connectivity index (χ4n) is 7.19. The van der Waals surface area contributed by atoms with Crippen molar-refractivity contribution >= 4 is 23.9 Å². The van der Waals surface area contributed by atoms with Crippen molar-refractivity contribution in [1.82, 2.24) is 0 Å². The fraction of sp³-hybridized carbons (Fsp3) is 0.643. The van der Waals surface area contributed by atoms with Crippen molar-refractivity contribution in [3.63, 3.8) is 0 Å². The van der Waals surface area contributed by atoms with Gasteiger partial charge >= 0.3 is 23.9 Å². The molecule has 3 aliphatic rings. The molecule has 1 aliphatic heterocycles. The Morgan fingerprint density at radius 3 is 1.97 bits per heavy atom. The molecule has 4 rings (SSSR count). The molecule has 1 saturated heterocycles. The standard InChI is InChI=1S/C28H36O9/c1-15-13-14-20(33-16(2)29)27(7)24(36-25(32)19-11-9-8-10-12-19)22(34-17(3)30)21-23(35-18(4)31)28(15,27)37-26(21,5)6/h8-12,15,20-24H,13-14H2,1-7H3/t15-,20-,21-,22+,23-,24+,27+,28-/m1/s1. The molecule has 202 valence electrons. The van der Waals surface area contributed by atoms with Gasteiger partial charge in [-0.2, -0.15) is 0 Å². The van der Waals surface area contributed by atoms with Gasteiger partial charge in [-0.15, -0.1) is 0 Å². The molecule has 8 atom stereocenters. The molecule has 0 amide bonds. The Balaban J connectivity index is 1.96. The number of hydrogen-bond donors (Lipinski definition) is 0. The summed E-state index contributed by atoms with van der Waals surface area (Å²) < 4.78 is 30.8. The van der Waals surface area contributed by atoms with Gasteiger partial charge in [0, 0.05) is 20.8 Å². The van der Waals surface area contributed by atoms with Gasteiger partial charge in [0.05, 0.1) is 22.5 Å². The van der Waals surface area contributed by atoms with Crippen LogP contribution in [0.5, 0.6) is 0 Å². The maximum absolute atomic E-state index is 13.4. The number of carbonyl (C=O) groups is 4. The van der Waals surface area contributed by atoms with Gasteiger partial charge in [-0.1, -0.05) is 25.1 Å². The lowest BCUT2D eigenvalue weighted by Gasteiger charge is -2.62. The molecule has 1 aromatic carbocycles. The van der Waals surface area contributed by atoms with Gasteiger partial charge in [0.15, 0.2) is 6.10 Å². The molecule has 0 radical (unpaired) electrons. The number of ether oxygens (including phenoxy) is 5. The molecule has 0 N–H and O–H groups in total. The van der Waals surface area contributed by atoms with E-state index in [4.69, 9.17) is 23.7 Å². The average molecular weight is 517 g/mol. The average Bonchev–Trinajstić information content (AvgIpc) is 3.00. The van der Waals surface area contributed by atoms with Crippen molar-refractivity contribution in [3.05, 3.63) is 35.9 Å². The third kappa shape index (κ3) is 4.21. The third-order valence-electron chi connectivity index (χ3n) is 8.48. The molecule has 1 heterocycles. The van der Waals surface area contributed by atoms with Crippen molar-refractivity contribution in [1.29, 1.82) is 0 Å². The molecule has 2 bridgehead atoms. The van der Waals surface area contributed by atoms with Gasteiger partial charge in [0.1, 0.15) is 23.9 Å². The highest BCUT2D eigenvalue weighted by Gasteiger charge is 2.82. The van der Waals surface area contributed by atoms with Crippen LogP contribution in [0.15, 0.2) is 30.3 Å². The van der Waals surface area contributed by atoms with E-state index in [2.05, 4.69) is 0 Å². The highest BCUT2D eigenvalue weighted by molar-refractivity contribution is 5.89. The van der Waals surface area contributed by atoms with E-state index in [1.54, 1.807) is 30.3 Å². The van der Waals surface area contributed by atoms with Crippen molar-refractivity contribution in [2.75, 3.05) is 0 Å². The number of fused-ring (bicyclic) bond motifs is 1. The van der Waals surface area contributed by atoms with Gasteiger partial charge < -0.3 is 23.7 Å². The minimum atomic E-state index is -1.23. The molecular formula is C28H36O9. The number of carbonyl (C=O) groups excluding carboxylic acids is 4. The summed E-state index contributed by atoms with van der Waals surface area (Å²) in [4.78, 5) is 50.5. The SMILES string of the molecule is CC(=O)O[C@H]1[C@@H]2[C@@H](OC(C)=O)[C@]3(OC2(C)C)[C@H](C)CC[C@@H](OC(C)=O)[C@@]3(C)[C@H]1OC(=O)c1ccccc1. The van der Waals surface area contributed by atoms with Crippen LogP contribution >= 0.6 is 0 Å². The van der Waals surface area contributed by atoms with E-state index in [-0.39, 0.29) is 5.92 Å². The molecule has 9 nitrogen and oxygen atoms in total. The molecule has 2 aliphatic carbocycles. The Morgan fingerprint density at radius 2 is 1.41 bits per heavy atom. The number of benzene rings is 1. The minimum Gasteiger partial charge on any atom is -0.462 e. The lowest BCUT2D eigenvalue weighted by Crippen LogP contribution is -2.76. The Bertz CT molecular complexity index is 1080. The van der Waals surface area contributed by atoms with E-state index >= 15 is 0 Å². The zero-order valence-electron chi connectivity index (χ0n) is 22.4. The van der Waals surface area contributed by atoms with Crippen molar-refractivity contribution < 1.29 is 42.9 Å². The van der Waals surface area contributed by atoms with Crippen LogP contribution < -0.4 is 0 Å². The zero-order chi connectivity index (χ0) is 27.3. The summed E-state index contributed by atoms with van der Waals surface area (Å²) in [7, 11) is 0. The predicted octanol–water partition coefficient (Wildman–Crippen LogP) is 3.62. The van der Waals surface area contributed by atoms with Crippen LogP contribution in [0.1, 0.15) is 71.7 Å². The van der Waals surface area contributed by atoms with Crippen LogP contribution in [0.25, 0.3) is 0 Å². The summed E-state index contributed by atoms with van der Waals surface area (Å²) in [5, 5.41) is 0. The molecule has 0 unspecified atom stereocenters. The first-order chi connectivity index (χ1) is 17.3. The molecule has 1 spiro atoms. The van der Waals surface area contributed by atoms with Gasteiger partial charge in [-0.25, -0.2) is 4.79 Å². The maximum Gasteiger partial charge on any atom is 0.338 e. The Labute approximate surface area is 217 Å². The topological polar surface area (TPSA) is 114 Å². The summed E-state index contributed by atoms with van der Waals surface area (Å²) >= 11 is 0. The van der Waals surface area contributed by atoms with Gasteiger partial charge in [0.25, 0.3) is 0 Å². The highest BCUT2D eigenvalue weighted by atomic mass is 16.6. The van der Waals surface area contributed by atoms with Crippen molar-refractivity contribution in [2.24, 2.45) is 17.3 Å². The minimum absolute atomic E-state index is 0.172. The lowest BCUT2D eigenvalue weighted by molar-refractivity contribution is -0.299. The summed E-state index contributed by atoms with van der Waals surface area (Å²) in [5.41, 5.74) is -3.04. The second-order valence-corrected chi connectivity index (χ2v) is 11.2. The molecule has 0 aromatic heterocycles. The Morgan fingerprint density at radius 1 is 0.811 bits per heavy atom. The second-order valence-electron chi connectivity index (χ2n) is 11.2. The third-order valence-corrected chi connectivity index (χ3v) is 8.48. The molecule has 37 heavy (non-hydrogen) atoms. The van der Waals surface area contributed by atoms with Crippen LogP contribution in [-0.2, 0) is 38.1 Å². The Kier molecular flexibility index (Phi) is 6.90. The summed E-state index contributed by atoms with van der Waals surface area (Å²) in [6, 6.07) is 8.50.